The summed E-state index contributed by atoms with van der Waals surface area (Å²) in [6.45, 7) is 7.34. The van der Waals surface area contributed by atoms with Crippen molar-refractivity contribution in [2.45, 2.75) is 25.2 Å². The van der Waals surface area contributed by atoms with Crippen molar-refractivity contribution in [2.75, 3.05) is 11.5 Å². The average Bonchev–Trinajstić information content (AvgIpc) is 2.91. The van der Waals surface area contributed by atoms with Crippen molar-refractivity contribution >= 4 is 62.9 Å². The molecule has 1 aliphatic rings. The summed E-state index contributed by atoms with van der Waals surface area (Å²) in [5, 5.41) is 2.86. The lowest BCUT2D eigenvalue weighted by atomic mass is 10.0. The molecule has 9 nitrogen and oxygen atoms in total. The highest BCUT2D eigenvalue weighted by Gasteiger charge is 2.37. The molecule has 4 rings (SSSR count). The van der Waals surface area contributed by atoms with Crippen LogP contribution < -0.4 is 19.1 Å². The van der Waals surface area contributed by atoms with Gasteiger partial charge in [0.25, 0.3) is 11.8 Å². The highest BCUT2D eigenvalue weighted by Crippen LogP contribution is 2.37. The van der Waals surface area contributed by atoms with E-state index in [-0.39, 0.29) is 40.7 Å². The van der Waals surface area contributed by atoms with E-state index in [9.17, 15) is 22.8 Å². The number of allylic oxidation sites excluding steroid dienone is 1. The van der Waals surface area contributed by atoms with Crippen LogP contribution in [0.4, 0.5) is 10.5 Å². The Balaban J connectivity index is 1.78. The molecule has 1 fully saturated rings. The second-order valence-electron chi connectivity index (χ2n) is 8.82. The van der Waals surface area contributed by atoms with Gasteiger partial charge in [-0.2, -0.15) is 8.42 Å². The molecule has 0 spiro atoms. The van der Waals surface area contributed by atoms with E-state index in [4.69, 9.17) is 32.1 Å². The molecule has 0 aromatic heterocycles. The molecule has 0 aliphatic carbocycles. The van der Waals surface area contributed by atoms with Crippen LogP contribution in [0.2, 0.25) is 10.0 Å². The Morgan fingerprint density at radius 1 is 1.02 bits per heavy atom. The molecule has 3 aromatic rings. The van der Waals surface area contributed by atoms with Crippen LogP contribution in [-0.4, -0.2) is 32.9 Å². The maximum atomic E-state index is 13.4. The van der Waals surface area contributed by atoms with Crippen LogP contribution in [0.3, 0.4) is 0 Å². The summed E-state index contributed by atoms with van der Waals surface area (Å²) >= 11 is 12.1. The number of hydrogen-bond donors (Lipinski definition) is 1. The van der Waals surface area contributed by atoms with Gasteiger partial charge in [0.15, 0.2) is 11.5 Å². The number of rotatable bonds is 9. The van der Waals surface area contributed by atoms with Crippen molar-refractivity contribution in [3.05, 3.63) is 99.6 Å². The minimum absolute atomic E-state index is 0.0538. The number of barbiturate groups is 1. The number of ether oxygens (including phenoxy) is 1. The predicted octanol–water partition coefficient (Wildman–Crippen LogP) is 5.86. The van der Waals surface area contributed by atoms with Gasteiger partial charge in [0.2, 0.25) is 0 Å². The van der Waals surface area contributed by atoms with Gasteiger partial charge in [-0.25, -0.2) is 9.69 Å². The van der Waals surface area contributed by atoms with Gasteiger partial charge in [0.05, 0.1) is 12.3 Å². The van der Waals surface area contributed by atoms with Crippen LogP contribution in [0.25, 0.3) is 6.08 Å². The van der Waals surface area contributed by atoms with E-state index in [1.807, 2.05) is 0 Å². The highest BCUT2D eigenvalue weighted by molar-refractivity contribution is 7.87. The van der Waals surface area contributed by atoms with E-state index >= 15 is 0 Å². The first-order valence-corrected chi connectivity index (χ1v) is 14.4. The van der Waals surface area contributed by atoms with Crippen LogP contribution in [0.5, 0.6) is 11.5 Å². The van der Waals surface area contributed by atoms with E-state index in [2.05, 4.69) is 11.9 Å². The van der Waals surface area contributed by atoms with Crippen LogP contribution in [0.1, 0.15) is 23.6 Å². The molecule has 0 atom stereocenters. The van der Waals surface area contributed by atoms with E-state index in [0.717, 1.165) is 10.5 Å². The largest absolute Gasteiger partial charge is 0.490 e. The molecule has 1 saturated heterocycles. The van der Waals surface area contributed by atoms with Gasteiger partial charge in [0.1, 0.15) is 10.5 Å². The number of carbonyl (C=O) groups is 3. The molecule has 4 amide bonds. The summed E-state index contributed by atoms with van der Waals surface area (Å²) in [4.78, 5) is 39.4. The predicted molar refractivity (Wildman–Crippen MR) is 156 cm³/mol. The van der Waals surface area contributed by atoms with Crippen LogP contribution in [0.15, 0.2) is 77.7 Å². The van der Waals surface area contributed by atoms with Crippen molar-refractivity contribution < 1.29 is 31.7 Å². The van der Waals surface area contributed by atoms with Crippen molar-refractivity contribution in [3.8, 4) is 11.5 Å². The lowest BCUT2D eigenvalue weighted by Crippen LogP contribution is -2.54. The molecule has 1 heterocycles. The van der Waals surface area contributed by atoms with Crippen molar-refractivity contribution in [3.63, 3.8) is 0 Å². The minimum Gasteiger partial charge on any atom is -0.490 e. The summed E-state index contributed by atoms with van der Waals surface area (Å²) in [5.41, 5.74) is 1.26. The van der Waals surface area contributed by atoms with E-state index in [1.165, 1.54) is 60.7 Å². The first-order chi connectivity index (χ1) is 19.4. The molecule has 1 aliphatic heterocycles. The van der Waals surface area contributed by atoms with Crippen LogP contribution in [0, 0.1) is 6.92 Å². The number of aryl methyl sites for hydroxylation is 1. The first-order valence-electron chi connectivity index (χ1n) is 12.2. The van der Waals surface area contributed by atoms with Crippen molar-refractivity contribution in [2.24, 2.45) is 0 Å². The lowest BCUT2D eigenvalue weighted by molar-refractivity contribution is -0.122. The Morgan fingerprint density at radius 2 is 1.73 bits per heavy atom. The quantitative estimate of drug-likeness (QED) is 0.139. The average molecular weight is 615 g/mol. The Hall–Kier alpha value is -4.12. The number of benzene rings is 3. The number of hydrogen-bond acceptors (Lipinski definition) is 7. The number of urea groups is 1. The SMILES string of the molecule is C=CCc1cc(/C=C2\C(=O)NC(=O)N(c3ccc(C)c(Cl)c3)C2=O)cc(OCC)c1OS(=O)(=O)c1ccc(Cl)cc1. The zero-order valence-electron chi connectivity index (χ0n) is 21.9. The molecule has 0 saturated carbocycles. The lowest BCUT2D eigenvalue weighted by Gasteiger charge is -2.26. The fraction of sp³-hybridized carbons (Fsp3) is 0.138. The number of amides is 4. The van der Waals surface area contributed by atoms with Crippen molar-refractivity contribution in [1.29, 1.82) is 0 Å². The molecule has 1 N–H and O–H groups in total. The summed E-state index contributed by atoms with van der Waals surface area (Å²) in [6.07, 6.45) is 2.97. The molecule has 41 heavy (non-hydrogen) atoms. The number of anilines is 1. The number of nitrogens with one attached hydrogen (secondary N) is 1. The molecule has 0 unspecified atom stereocenters. The first kappa shape index (κ1) is 29.9. The van der Waals surface area contributed by atoms with Gasteiger partial charge in [-0.15, -0.1) is 6.58 Å². The van der Waals surface area contributed by atoms with E-state index < -0.39 is 28.0 Å². The Kier molecular flexibility index (Phi) is 8.86. The monoisotopic (exact) mass is 614 g/mol. The van der Waals surface area contributed by atoms with Crippen LogP contribution in [-0.2, 0) is 26.1 Å². The third-order valence-electron chi connectivity index (χ3n) is 5.94. The molecule has 12 heteroatoms. The molecule has 0 bridgehead atoms. The molecule has 212 valence electrons. The summed E-state index contributed by atoms with van der Waals surface area (Å²) < 4.78 is 37.3. The fourth-order valence-corrected chi connectivity index (χ4v) is 5.24. The molecule has 3 aromatic carbocycles. The summed E-state index contributed by atoms with van der Waals surface area (Å²) in [7, 11) is -4.28. The van der Waals surface area contributed by atoms with Gasteiger partial charge in [-0.05, 0) is 86.0 Å². The van der Waals surface area contributed by atoms with E-state index in [1.54, 1.807) is 19.9 Å². The standard InChI is InChI=1S/C29H24Cl2N2O7S/c1-4-6-19-13-18(15-25(39-5-2)26(19)40-41(37,38)22-11-8-20(30)9-12-22)14-23-27(34)32-29(36)33(28(23)35)21-10-7-17(3)24(31)16-21/h4,7-16H,1,5-6H2,2-3H3,(H,32,34,36)/b23-14+. The number of carbonyl (C=O) groups excluding carboxylic acids is 3. The van der Waals surface area contributed by atoms with Gasteiger partial charge in [0, 0.05) is 15.6 Å². The Labute approximate surface area is 247 Å². The number of imide groups is 2. The van der Waals surface area contributed by atoms with Gasteiger partial charge in [-0.3, -0.25) is 14.9 Å². The molecular weight excluding hydrogens is 591 g/mol. The van der Waals surface area contributed by atoms with Crippen LogP contribution >= 0.6 is 23.2 Å². The van der Waals surface area contributed by atoms with Gasteiger partial charge >= 0.3 is 16.1 Å². The van der Waals surface area contributed by atoms with Gasteiger partial charge in [-0.1, -0.05) is 35.3 Å². The third-order valence-corrected chi connectivity index (χ3v) is 7.83. The normalized spacial score (nSPS) is 14.7. The fourth-order valence-electron chi connectivity index (χ4n) is 3.97. The maximum Gasteiger partial charge on any atom is 0.339 e. The number of nitrogens with zero attached hydrogens (tertiary/aromatic N) is 1. The maximum absolute atomic E-state index is 13.4. The van der Waals surface area contributed by atoms with Crippen molar-refractivity contribution in [1.82, 2.24) is 5.32 Å². The summed E-state index contributed by atoms with van der Waals surface area (Å²) in [6, 6.07) is 12.1. The molecule has 0 radical (unpaired) electrons. The second-order valence-corrected chi connectivity index (χ2v) is 11.2. The third kappa shape index (κ3) is 6.45. The number of halogens is 2. The summed E-state index contributed by atoms with van der Waals surface area (Å²) in [5.74, 6) is -1.79. The van der Waals surface area contributed by atoms with E-state index in [0.29, 0.717) is 21.2 Å². The van der Waals surface area contributed by atoms with Gasteiger partial charge < -0.3 is 8.92 Å². The second kappa shape index (κ2) is 12.2. The highest BCUT2D eigenvalue weighted by atomic mass is 35.5. The Morgan fingerprint density at radius 3 is 2.37 bits per heavy atom. The molecular formula is C29H24Cl2N2O7S. The smallest absolute Gasteiger partial charge is 0.339 e. The zero-order chi connectivity index (χ0) is 29.9. The topological polar surface area (TPSA) is 119 Å². The minimum atomic E-state index is -4.28. The Bertz CT molecular complexity index is 1700. The zero-order valence-corrected chi connectivity index (χ0v) is 24.3.